The number of hydrogen-bond acceptors (Lipinski definition) is 4. The molecule has 2 aromatic heterocycles. The normalized spacial score (nSPS) is 17.7. The third kappa shape index (κ3) is 4.31. The van der Waals surface area contributed by atoms with E-state index in [2.05, 4.69) is 15.5 Å². The summed E-state index contributed by atoms with van der Waals surface area (Å²) in [6, 6.07) is 12.7. The van der Waals surface area contributed by atoms with Crippen molar-refractivity contribution < 1.29 is 9.59 Å². The summed E-state index contributed by atoms with van der Waals surface area (Å²) >= 11 is 0. The van der Waals surface area contributed by atoms with Crippen LogP contribution in [0.15, 0.2) is 48.7 Å². The van der Waals surface area contributed by atoms with E-state index in [1.54, 1.807) is 6.07 Å². The summed E-state index contributed by atoms with van der Waals surface area (Å²) < 4.78 is 2.00. The van der Waals surface area contributed by atoms with Crippen LogP contribution in [0.5, 0.6) is 0 Å². The van der Waals surface area contributed by atoms with Crippen molar-refractivity contribution in [3.05, 3.63) is 65.6 Å². The van der Waals surface area contributed by atoms with E-state index in [0.717, 1.165) is 29.9 Å². The highest BCUT2D eigenvalue weighted by molar-refractivity contribution is 5.98. The third-order valence-corrected chi connectivity index (χ3v) is 6.05. The van der Waals surface area contributed by atoms with E-state index in [9.17, 15) is 9.59 Å². The summed E-state index contributed by atoms with van der Waals surface area (Å²) in [5, 5.41) is 11.6. The highest BCUT2D eigenvalue weighted by Gasteiger charge is 2.33. The molecular formula is C24H29N5O2. The monoisotopic (exact) mass is 419 g/mol. The van der Waals surface area contributed by atoms with Crippen LogP contribution < -0.4 is 5.32 Å². The average Bonchev–Trinajstić information content (AvgIpc) is 3.21. The zero-order valence-electron chi connectivity index (χ0n) is 18.3. The second kappa shape index (κ2) is 8.88. The smallest absolute Gasteiger partial charge is 0.252 e. The fourth-order valence-corrected chi connectivity index (χ4v) is 4.28. The van der Waals surface area contributed by atoms with Crippen LogP contribution in [-0.4, -0.2) is 50.4 Å². The zero-order valence-corrected chi connectivity index (χ0v) is 18.3. The lowest BCUT2D eigenvalue weighted by atomic mass is 9.94. The molecule has 7 heteroatoms. The number of hydrogen-bond donors (Lipinski definition) is 1. The van der Waals surface area contributed by atoms with E-state index in [1.165, 1.54) is 0 Å². The first-order valence-corrected chi connectivity index (χ1v) is 10.9. The van der Waals surface area contributed by atoms with Crippen LogP contribution in [0, 0.1) is 12.8 Å². The van der Waals surface area contributed by atoms with Crippen molar-refractivity contribution >= 4 is 17.5 Å². The minimum atomic E-state index is -0.569. The van der Waals surface area contributed by atoms with Gasteiger partial charge in [-0.2, -0.15) is 0 Å². The molecule has 4 rings (SSSR count). The molecule has 0 unspecified atom stereocenters. The van der Waals surface area contributed by atoms with Gasteiger partial charge in [-0.05, 0) is 49.4 Å². The highest BCUT2D eigenvalue weighted by Crippen LogP contribution is 2.27. The molecule has 1 saturated heterocycles. The molecule has 0 saturated carbocycles. The van der Waals surface area contributed by atoms with Crippen LogP contribution in [0.25, 0.3) is 5.65 Å². The minimum absolute atomic E-state index is 0.0187. The van der Waals surface area contributed by atoms with E-state index in [1.807, 2.05) is 72.7 Å². The molecule has 0 bridgehead atoms. The van der Waals surface area contributed by atoms with Crippen LogP contribution in [0.4, 0.5) is 0 Å². The van der Waals surface area contributed by atoms with Gasteiger partial charge in [0.15, 0.2) is 5.65 Å². The molecule has 0 aliphatic carbocycles. The zero-order chi connectivity index (χ0) is 22.0. The lowest BCUT2D eigenvalue weighted by molar-refractivity contribution is -0.135. The Labute approximate surface area is 182 Å². The molecule has 1 aliphatic heterocycles. The number of carbonyl (C=O) groups excluding carboxylic acids is 2. The van der Waals surface area contributed by atoms with Crippen LogP contribution in [0.2, 0.25) is 0 Å². The number of nitrogens with one attached hydrogen (secondary N) is 1. The maximum atomic E-state index is 13.4. The predicted octanol–water partition coefficient (Wildman–Crippen LogP) is 3.20. The number of nitrogens with zero attached hydrogens (tertiary/aromatic N) is 4. The average molecular weight is 420 g/mol. The van der Waals surface area contributed by atoms with Crippen molar-refractivity contribution in [3.8, 4) is 0 Å². The Hall–Kier alpha value is -3.22. The van der Waals surface area contributed by atoms with Gasteiger partial charge in [-0.15, -0.1) is 10.2 Å². The van der Waals surface area contributed by atoms with Gasteiger partial charge in [0.2, 0.25) is 5.91 Å². The molecule has 3 heterocycles. The number of benzene rings is 1. The summed E-state index contributed by atoms with van der Waals surface area (Å²) in [5.74, 6) is 0.750. The van der Waals surface area contributed by atoms with Gasteiger partial charge in [0, 0.05) is 30.8 Å². The Bertz CT molecular complexity index is 1090. The molecule has 1 aromatic carbocycles. The Morgan fingerprint density at radius 3 is 2.65 bits per heavy atom. The highest BCUT2D eigenvalue weighted by atomic mass is 16.2. The first-order chi connectivity index (χ1) is 15.0. The van der Waals surface area contributed by atoms with Gasteiger partial charge in [0.25, 0.3) is 5.91 Å². The second-order valence-electron chi connectivity index (χ2n) is 8.62. The molecular weight excluding hydrogens is 390 g/mol. The van der Waals surface area contributed by atoms with E-state index in [0.29, 0.717) is 18.7 Å². The Balaban J connectivity index is 1.51. The third-order valence-electron chi connectivity index (χ3n) is 6.05. The fourth-order valence-electron chi connectivity index (χ4n) is 4.28. The van der Waals surface area contributed by atoms with Crippen molar-refractivity contribution in [2.24, 2.45) is 5.92 Å². The summed E-state index contributed by atoms with van der Waals surface area (Å²) in [6.45, 7) is 7.11. The first kappa shape index (κ1) is 21.0. The predicted molar refractivity (Wildman–Crippen MR) is 119 cm³/mol. The molecule has 2 amide bonds. The van der Waals surface area contributed by atoms with E-state index in [4.69, 9.17) is 0 Å². The number of likely N-dealkylation sites (tertiary alicyclic amines) is 1. The summed E-state index contributed by atoms with van der Waals surface area (Å²) in [4.78, 5) is 28.2. The van der Waals surface area contributed by atoms with Gasteiger partial charge < -0.3 is 10.2 Å². The van der Waals surface area contributed by atoms with Crippen LogP contribution in [-0.2, 0) is 4.79 Å². The minimum Gasteiger partial charge on any atom is -0.340 e. The number of carbonyl (C=O) groups is 2. The number of piperidine rings is 1. The van der Waals surface area contributed by atoms with E-state index < -0.39 is 6.04 Å². The lowest BCUT2D eigenvalue weighted by Crippen LogP contribution is -2.53. The quantitative estimate of drug-likeness (QED) is 0.689. The maximum Gasteiger partial charge on any atom is 0.252 e. The fraction of sp³-hybridized carbons (Fsp3) is 0.417. The van der Waals surface area contributed by atoms with Gasteiger partial charge in [-0.25, -0.2) is 0 Å². The molecule has 1 aliphatic rings. The van der Waals surface area contributed by atoms with Crippen molar-refractivity contribution in [1.82, 2.24) is 24.8 Å². The molecule has 1 fully saturated rings. The Morgan fingerprint density at radius 1 is 1.10 bits per heavy atom. The molecule has 1 N–H and O–H groups in total. The van der Waals surface area contributed by atoms with Crippen molar-refractivity contribution in [2.45, 2.75) is 45.6 Å². The SMILES string of the molecule is Cc1ccccc1C(=O)N[C@@H](C(=O)N1CCC[C@@H](c2nnc3ccccn23)C1)C(C)C. The number of aromatic nitrogens is 3. The lowest BCUT2D eigenvalue weighted by Gasteiger charge is -2.35. The molecule has 162 valence electrons. The first-order valence-electron chi connectivity index (χ1n) is 10.9. The second-order valence-corrected chi connectivity index (χ2v) is 8.62. The summed E-state index contributed by atoms with van der Waals surface area (Å²) in [5.41, 5.74) is 2.31. The molecule has 0 spiro atoms. The van der Waals surface area contributed by atoms with Gasteiger partial charge in [0.1, 0.15) is 11.9 Å². The van der Waals surface area contributed by atoms with Crippen molar-refractivity contribution in [3.63, 3.8) is 0 Å². The Kier molecular flexibility index (Phi) is 6.02. The standard InChI is InChI=1S/C24H29N5O2/c1-16(2)21(25-23(30)19-11-5-4-9-17(19)3)24(31)28-13-8-10-18(15-28)22-27-26-20-12-6-7-14-29(20)22/h4-7,9,11-12,14,16,18,21H,8,10,13,15H2,1-3H3,(H,25,30)/t18-,21-/m1/s1. The molecule has 2 atom stereocenters. The molecule has 7 nitrogen and oxygen atoms in total. The topological polar surface area (TPSA) is 79.6 Å². The van der Waals surface area contributed by atoms with Crippen LogP contribution in [0.1, 0.15) is 54.4 Å². The van der Waals surface area contributed by atoms with Gasteiger partial charge in [0.05, 0.1) is 0 Å². The van der Waals surface area contributed by atoms with Crippen LogP contribution in [0.3, 0.4) is 0 Å². The largest absolute Gasteiger partial charge is 0.340 e. The molecule has 0 radical (unpaired) electrons. The van der Waals surface area contributed by atoms with Gasteiger partial charge in [-0.3, -0.25) is 14.0 Å². The molecule has 3 aromatic rings. The number of aryl methyl sites for hydroxylation is 1. The maximum absolute atomic E-state index is 13.4. The number of amides is 2. The van der Waals surface area contributed by atoms with E-state index in [-0.39, 0.29) is 23.7 Å². The summed E-state index contributed by atoms with van der Waals surface area (Å²) in [7, 11) is 0. The molecule has 31 heavy (non-hydrogen) atoms. The number of fused-ring (bicyclic) bond motifs is 1. The van der Waals surface area contributed by atoms with Crippen molar-refractivity contribution in [2.75, 3.05) is 13.1 Å². The van der Waals surface area contributed by atoms with Crippen LogP contribution >= 0.6 is 0 Å². The van der Waals surface area contributed by atoms with E-state index >= 15 is 0 Å². The number of rotatable bonds is 5. The van der Waals surface area contributed by atoms with Crippen molar-refractivity contribution in [1.29, 1.82) is 0 Å². The summed E-state index contributed by atoms with van der Waals surface area (Å²) in [6.07, 6.45) is 3.82. The number of pyridine rings is 1. The Morgan fingerprint density at radius 2 is 1.87 bits per heavy atom. The van der Waals surface area contributed by atoms with Gasteiger partial charge >= 0.3 is 0 Å². The van der Waals surface area contributed by atoms with Gasteiger partial charge in [-0.1, -0.05) is 38.1 Å².